The molecule has 4 rings (SSSR count). The maximum absolute atomic E-state index is 12.9. The van der Waals surface area contributed by atoms with Crippen LogP contribution in [-0.2, 0) is 14.6 Å². The third-order valence-electron chi connectivity index (χ3n) is 5.66. The van der Waals surface area contributed by atoms with Crippen molar-refractivity contribution in [2.75, 3.05) is 5.32 Å². The van der Waals surface area contributed by atoms with E-state index < -0.39 is 0 Å². The molecule has 0 spiro atoms. The van der Waals surface area contributed by atoms with Crippen molar-refractivity contribution in [2.24, 2.45) is 0 Å². The Bertz CT molecular complexity index is 1120. The van der Waals surface area contributed by atoms with Crippen LogP contribution in [0, 0.1) is 6.92 Å². The summed E-state index contributed by atoms with van der Waals surface area (Å²) in [5.74, 6) is -0.00773. The molecule has 1 amide bonds. The quantitative estimate of drug-likeness (QED) is 0.291. The van der Waals surface area contributed by atoms with Gasteiger partial charge >= 0.3 is 0 Å². The highest BCUT2D eigenvalue weighted by molar-refractivity contribution is 14.1. The molecule has 152 valence electrons. The lowest BCUT2D eigenvalue weighted by Crippen LogP contribution is -2.17. The Kier molecular flexibility index (Phi) is 5.83. The molecule has 0 saturated carbocycles. The molecular weight excluding hydrogens is 481 g/mol. The summed E-state index contributed by atoms with van der Waals surface area (Å²) in [6.07, 6.45) is 3.71. The van der Waals surface area contributed by atoms with Crippen LogP contribution in [0.1, 0.15) is 42.5 Å². The van der Waals surface area contributed by atoms with Gasteiger partial charge in [-0.05, 0) is 91.3 Å². The Hall–Kier alpha value is -2.40. The van der Waals surface area contributed by atoms with Crippen molar-refractivity contribution in [1.29, 1.82) is 0 Å². The molecule has 0 heterocycles. The van der Waals surface area contributed by atoms with Crippen LogP contribution in [0.15, 0.2) is 72.3 Å². The van der Waals surface area contributed by atoms with Crippen LogP contribution in [0.2, 0.25) is 0 Å². The van der Waals surface area contributed by atoms with Crippen molar-refractivity contribution in [3.63, 3.8) is 0 Å². The van der Waals surface area contributed by atoms with Crippen LogP contribution >= 0.6 is 22.6 Å². The van der Waals surface area contributed by atoms with Gasteiger partial charge in [0.15, 0.2) is 0 Å². The van der Waals surface area contributed by atoms with Crippen molar-refractivity contribution in [3.05, 3.63) is 94.6 Å². The van der Waals surface area contributed by atoms with Crippen LogP contribution in [0.5, 0.6) is 0 Å². The molecule has 1 aliphatic rings. The highest BCUT2D eigenvalue weighted by Crippen LogP contribution is 2.34. The molecule has 0 aromatic heterocycles. The summed E-state index contributed by atoms with van der Waals surface area (Å²) in [5.41, 5.74) is 9.00. The highest BCUT2D eigenvalue weighted by Gasteiger charge is 2.20. The van der Waals surface area contributed by atoms with E-state index in [2.05, 4.69) is 109 Å². The van der Waals surface area contributed by atoms with Gasteiger partial charge in [0.25, 0.3) is 5.91 Å². The first kappa shape index (κ1) is 20.9. The second kappa shape index (κ2) is 8.38. The number of fused-ring (bicyclic) bond motifs is 1. The second-order valence-corrected chi connectivity index (χ2v) is 11.1. The van der Waals surface area contributed by atoms with E-state index in [0.29, 0.717) is 0 Å². The lowest BCUT2D eigenvalue weighted by atomic mass is 9.89. The third-order valence-corrected chi connectivity index (χ3v) is 6.24. The molecule has 0 aliphatic heterocycles. The minimum Gasteiger partial charge on any atom is -0.322 e. The predicted molar refractivity (Wildman–Crippen MR) is 135 cm³/mol. The fraction of sp³-hybridized carbons (Fsp3) is 0.222. The number of aryl methyl sites for hydroxylation is 2. The normalized spacial score (nSPS) is 13.4. The molecule has 0 bridgehead atoms. The van der Waals surface area contributed by atoms with Crippen molar-refractivity contribution in [3.8, 4) is 11.1 Å². The SMILES string of the molecule is Cc1cc(NC(=O)C2=Cc3cc(-c4ccccc4)ccc3CC2)ccc1C(C)(C)I. The number of amides is 1. The molecule has 0 fully saturated rings. The number of carbonyl (C=O) groups excluding carboxylic acids is 1. The first-order valence-electron chi connectivity index (χ1n) is 10.3. The first-order valence-corrected chi connectivity index (χ1v) is 11.4. The predicted octanol–water partition coefficient (Wildman–Crippen LogP) is 7.30. The van der Waals surface area contributed by atoms with Gasteiger partial charge in [-0.15, -0.1) is 0 Å². The summed E-state index contributed by atoms with van der Waals surface area (Å²) in [5, 5.41) is 3.10. The summed E-state index contributed by atoms with van der Waals surface area (Å²) in [4.78, 5) is 12.9. The van der Waals surface area contributed by atoms with Gasteiger partial charge < -0.3 is 5.32 Å². The van der Waals surface area contributed by atoms with Gasteiger partial charge in [-0.2, -0.15) is 0 Å². The second-order valence-electron chi connectivity index (χ2n) is 8.41. The number of nitrogens with one attached hydrogen (secondary N) is 1. The van der Waals surface area contributed by atoms with Crippen LogP contribution in [-0.4, -0.2) is 5.91 Å². The molecule has 3 aromatic rings. The molecule has 30 heavy (non-hydrogen) atoms. The standard InChI is InChI=1S/C27H26INO/c1-18-15-24(13-14-25(18)27(2,3)28)29-26(30)22-12-10-20-9-11-21(16-23(20)17-22)19-7-5-4-6-8-19/h4-9,11,13-17H,10,12H2,1-3H3,(H,29,30). The maximum atomic E-state index is 12.9. The van der Waals surface area contributed by atoms with E-state index >= 15 is 0 Å². The topological polar surface area (TPSA) is 29.1 Å². The van der Waals surface area contributed by atoms with Gasteiger partial charge in [0.2, 0.25) is 0 Å². The Morgan fingerprint density at radius 3 is 2.40 bits per heavy atom. The number of benzene rings is 3. The molecule has 2 nitrogen and oxygen atoms in total. The van der Waals surface area contributed by atoms with Gasteiger partial charge in [-0.3, -0.25) is 4.79 Å². The zero-order valence-corrected chi connectivity index (χ0v) is 19.8. The number of hydrogen-bond acceptors (Lipinski definition) is 1. The number of carbonyl (C=O) groups is 1. The van der Waals surface area contributed by atoms with Crippen molar-refractivity contribution in [2.45, 2.75) is 37.0 Å². The summed E-state index contributed by atoms with van der Waals surface area (Å²) in [6, 6.07) is 23.1. The third kappa shape index (κ3) is 4.51. The van der Waals surface area contributed by atoms with Gasteiger partial charge in [-0.1, -0.05) is 71.1 Å². The minimum atomic E-state index is -0.00773. The van der Waals surface area contributed by atoms with E-state index in [1.807, 2.05) is 12.1 Å². The fourth-order valence-corrected chi connectivity index (χ4v) is 4.70. The maximum Gasteiger partial charge on any atom is 0.251 e. The zero-order chi connectivity index (χ0) is 21.3. The fourth-order valence-electron chi connectivity index (χ4n) is 4.10. The Morgan fingerprint density at radius 2 is 1.70 bits per heavy atom. The van der Waals surface area contributed by atoms with E-state index in [9.17, 15) is 4.79 Å². The van der Waals surface area contributed by atoms with Crippen LogP contribution in [0.3, 0.4) is 0 Å². The summed E-state index contributed by atoms with van der Waals surface area (Å²) < 4.78 is 0.0659. The van der Waals surface area contributed by atoms with Gasteiger partial charge in [0, 0.05) is 14.7 Å². The summed E-state index contributed by atoms with van der Waals surface area (Å²) in [7, 11) is 0. The van der Waals surface area contributed by atoms with E-state index in [1.165, 1.54) is 27.8 Å². The molecule has 0 atom stereocenters. The summed E-state index contributed by atoms with van der Waals surface area (Å²) >= 11 is 2.45. The molecular formula is C27H26INO. The molecule has 1 aliphatic carbocycles. The molecule has 0 radical (unpaired) electrons. The van der Waals surface area contributed by atoms with E-state index in [1.54, 1.807) is 0 Å². The zero-order valence-electron chi connectivity index (χ0n) is 17.6. The minimum absolute atomic E-state index is 0.00773. The van der Waals surface area contributed by atoms with Crippen LogP contribution < -0.4 is 5.32 Å². The van der Waals surface area contributed by atoms with Gasteiger partial charge in [0.1, 0.15) is 0 Å². The van der Waals surface area contributed by atoms with E-state index in [0.717, 1.165) is 29.7 Å². The average Bonchev–Trinajstić information content (AvgIpc) is 2.72. The number of rotatable bonds is 4. The lowest BCUT2D eigenvalue weighted by molar-refractivity contribution is -0.112. The average molecular weight is 507 g/mol. The number of anilines is 1. The molecule has 0 unspecified atom stereocenters. The smallest absolute Gasteiger partial charge is 0.251 e. The lowest BCUT2D eigenvalue weighted by Gasteiger charge is -2.21. The largest absolute Gasteiger partial charge is 0.322 e. The molecule has 1 N–H and O–H groups in total. The van der Waals surface area contributed by atoms with Crippen molar-refractivity contribution in [1.82, 2.24) is 0 Å². The van der Waals surface area contributed by atoms with Crippen LogP contribution in [0.25, 0.3) is 17.2 Å². The number of hydrogen-bond donors (Lipinski definition) is 1. The number of halogens is 1. The monoisotopic (exact) mass is 507 g/mol. The Balaban J connectivity index is 1.56. The molecule has 0 saturated heterocycles. The van der Waals surface area contributed by atoms with E-state index in [4.69, 9.17) is 0 Å². The van der Waals surface area contributed by atoms with E-state index in [-0.39, 0.29) is 9.33 Å². The summed E-state index contributed by atoms with van der Waals surface area (Å²) in [6.45, 7) is 6.50. The Morgan fingerprint density at radius 1 is 0.933 bits per heavy atom. The Labute approximate surface area is 192 Å². The molecule has 3 aromatic carbocycles. The van der Waals surface area contributed by atoms with Gasteiger partial charge in [0.05, 0.1) is 0 Å². The van der Waals surface area contributed by atoms with Gasteiger partial charge in [-0.25, -0.2) is 0 Å². The van der Waals surface area contributed by atoms with Crippen LogP contribution in [0.4, 0.5) is 5.69 Å². The van der Waals surface area contributed by atoms with Crippen molar-refractivity contribution < 1.29 is 4.79 Å². The number of alkyl halides is 1. The highest BCUT2D eigenvalue weighted by atomic mass is 127. The first-order chi connectivity index (χ1) is 14.3. The molecule has 3 heteroatoms. The van der Waals surface area contributed by atoms with Crippen molar-refractivity contribution >= 4 is 40.3 Å².